The summed E-state index contributed by atoms with van der Waals surface area (Å²) in [6.45, 7) is 2.79. The molecule has 1 aliphatic carbocycles. The molecule has 0 radical (unpaired) electrons. The van der Waals surface area contributed by atoms with Crippen LogP contribution in [0.2, 0.25) is 0 Å². The average Bonchev–Trinajstić information content (AvgIpc) is 2.15. The molecule has 0 aromatic heterocycles. The van der Waals surface area contributed by atoms with E-state index >= 15 is 0 Å². The lowest BCUT2D eigenvalue weighted by Crippen LogP contribution is -2.25. The number of hydrogen-bond acceptors (Lipinski definition) is 1. The Hall–Kier alpha value is -1.57. The smallest absolute Gasteiger partial charge is 0.251 e. The molecule has 0 spiro atoms. The van der Waals surface area contributed by atoms with Gasteiger partial charge in [-0.1, -0.05) is 31.2 Å². The predicted molar refractivity (Wildman–Crippen MR) is 58.0 cm³/mol. The molecule has 0 saturated heterocycles. The van der Waals surface area contributed by atoms with Crippen molar-refractivity contribution in [1.29, 1.82) is 0 Å². The van der Waals surface area contributed by atoms with E-state index in [9.17, 15) is 4.79 Å². The first kappa shape index (κ1) is 9.00. The van der Waals surface area contributed by atoms with Crippen LogP contribution in [0.5, 0.6) is 0 Å². The quantitative estimate of drug-likeness (QED) is 0.785. The molecule has 0 heterocycles. The van der Waals surface area contributed by atoms with E-state index in [-0.39, 0.29) is 5.91 Å². The third-order valence-corrected chi connectivity index (χ3v) is 2.35. The zero-order chi connectivity index (χ0) is 9.97. The van der Waals surface area contributed by atoms with Crippen LogP contribution in [-0.4, -0.2) is 12.5 Å². The van der Waals surface area contributed by atoms with Crippen LogP contribution < -0.4 is 5.32 Å². The lowest BCUT2D eigenvalue weighted by atomic mass is 9.92. The second-order valence-corrected chi connectivity index (χ2v) is 3.40. The highest BCUT2D eigenvalue weighted by Crippen LogP contribution is 2.26. The molecule has 1 amide bonds. The van der Waals surface area contributed by atoms with E-state index in [2.05, 4.69) is 5.32 Å². The van der Waals surface area contributed by atoms with E-state index in [1.54, 1.807) is 0 Å². The first-order valence-corrected chi connectivity index (χ1v) is 4.92. The summed E-state index contributed by atoms with van der Waals surface area (Å²) in [5, 5.41) is 2.88. The third kappa shape index (κ3) is 1.43. The number of carbonyl (C=O) groups is 1. The minimum absolute atomic E-state index is 0.0352. The van der Waals surface area contributed by atoms with Crippen LogP contribution >= 0.6 is 0 Å². The van der Waals surface area contributed by atoms with Gasteiger partial charge in [0.15, 0.2) is 0 Å². The monoisotopic (exact) mass is 187 g/mol. The van der Waals surface area contributed by atoms with E-state index in [4.69, 9.17) is 0 Å². The van der Waals surface area contributed by atoms with E-state index in [0.717, 1.165) is 29.7 Å². The highest BCUT2D eigenvalue weighted by molar-refractivity contribution is 6.03. The first-order chi connectivity index (χ1) is 6.83. The molecule has 0 atom stereocenters. The van der Waals surface area contributed by atoms with Crippen molar-refractivity contribution < 1.29 is 4.79 Å². The summed E-state index contributed by atoms with van der Waals surface area (Å²) in [5.41, 5.74) is 3.02. The number of rotatable bonds is 3. The highest BCUT2D eigenvalue weighted by Gasteiger charge is 2.14. The Balaban J connectivity index is 2.18. The summed E-state index contributed by atoms with van der Waals surface area (Å²) >= 11 is 0. The molecule has 2 rings (SSSR count). The van der Waals surface area contributed by atoms with Gasteiger partial charge in [0.2, 0.25) is 0 Å². The van der Waals surface area contributed by atoms with Crippen molar-refractivity contribution in [3.05, 3.63) is 34.9 Å². The van der Waals surface area contributed by atoms with Gasteiger partial charge in [0.05, 0.1) is 0 Å². The summed E-state index contributed by atoms with van der Waals surface area (Å²) in [7, 11) is 0. The van der Waals surface area contributed by atoms with E-state index < -0.39 is 0 Å². The lowest BCUT2D eigenvalue weighted by molar-refractivity contribution is 0.0953. The van der Waals surface area contributed by atoms with Gasteiger partial charge in [-0.25, -0.2) is 0 Å². The van der Waals surface area contributed by atoms with Crippen molar-refractivity contribution >= 4 is 18.1 Å². The largest absolute Gasteiger partial charge is 0.352 e. The highest BCUT2D eigenvalue weighted by atomic mass is 16.1. The second kappa shape index (κ2) is 3.66. The van der Waals surface area contributed by atoms with Crippen molar-refractivity contribution in [3.8, 4) is 0 Å². The Morgan fingerprint density at radius 3 is 2.86 bits per heavy atom. The fourth-order valence-electron chi connectivity index (χ4n) is 1.52. The predicted octanol–water partition coefficient (Wildman–Crippen LogP) is 2.31. The van der Waals surface area contributed by atoms with Gasteiger partial charge in [-0.2, -0.15) is 0 Å². The van der Waals surface area contributed by atoms with Gasteiger partial charge in [-0.3, -0.25) is 4.79 Å². The minimum atomic E-state index is 0.0352. The zero-order valence-corrected chi connectivity index (χ0v) is 8.21. The molecule has 2 heteroatoms. The Bertz CT molecular complexity index is 393. The molecule has 0 fully saturated rings. The van der Waals surface area contributed by atoms with Gasteiger partial charge in [0, 0.05) is 12.1 Å². The number of nitrogens with one attached hydrogen (secondary N) is 1. The van der Waals surface area contributed by atoms with Crippen molar-refractivity contribution in [3.63, 3.8) is 0 Å². The fourth-order valence-corrected chi connectivity index (χ4v) is 1.52. The van der Waals surface area contributed by atoms with Crippen LogP contribution in [0.3, 0.4) is 0 Å². The van der Waals surface area contributed by atoms with Crippen LogP contribution in [-0.2, 0) is 0 Å². The summed E-state index contributed by atoms with van der Waals surface area (Å²) in [4.78, 5) is 11.7. The molecule has 1 aliphatic rings. The second-order valence-electron chi connectivity index (χ2n) is 3.40. The molecular weight excluding hydrogens is 174 g/mol. The molecule has 1 aromatic rings. The van der Waals surface area contributed by atoms with Gasteiger partial charge in [0.1, 0.15) is 0 Å². The zero-order valence-electron chi connectivity index (χ0n) is 8.21. The Morgan fingerprint density at radius 2 is 2.21 bits per heavy atom. The van der Waals surface area contributed by atoms with E-state index in [1.165, 1.54) is 0 Å². The van der Waals surface area contributed by atoms with Crippen LogP contribution in [0.15, 0.2) is 18.2 Å². The Labute approximate surface area is 83.6 Å². The molecule has 14 heavy (non-hydrogen) atoms. The molecule has 2 nitrogen and oxygen atoms in total. The maximum absolute atomic E-state index is 11.7. The fraction of sp³-hybridized carbons (Fsp3) is 0.250. The number of benzene rings is 1. The maximum Gasteiger partial charge on any atom is 0.251 e. The molecule has 1 N–H and O–H groups in total. The average molecular weight is 187 g/mol. The third-order valence-electron chi connectivity index (χ3n) is 2.35. The Kier molecular flexibility index (Phi) is 2.35. The van der Waals surface area contributed by atoms with Gasteiger partial charge in [-0.15, -0.1) is 0 Å². The van der Waals surface area contributed by atoms with Crippen molar-refractivity contribution in [2.24, 2.45) is 0 Å². The summed E-state index contributed by atoms with van der Waals surface area (Å²) in [6, 6.07) is 5.81. The molecule has 0 saturated carbocycles. The number of carbonyl (C=O) groups excluding carboxylic acids is 1. The molecule has 0 bridgehead atoms. The molecular formula is C12H13NO. The topological polar surface area (TPSA) is 29.1 Å². The first-order valence-electron chi connectivity index (χ1n) is 4.92. The number of amides is 1. The maximum atomic E-state index is 11.7. The normalized spacial score (nSPS) is 11.8. The molecule has 0 aliphatic heterocycles. The lowest BCUT2D eigenvalue weighted by Gasteiger charge is -2.14. The van der Waals surface area contributed by atoms with Gasteiger partial charge < -0.3 is 5.32 Å². The summed E-state index contributed by atoms with van der Waals surface area (Å²) < 4.78 is 0. The van der Waals surface area contributed by atoms with E-state index in [0.29, 0.717) is 0 Å². The van der Waals surface area contributed by atoms with Crippen LogP contribution in [0.4, 0.5) is 0 Å². The van der Waals surface area contributed by atoms with Gasteiger partial charge in [-0.05, 0) is 23.6 Å². The SMILES string of the molecule is CCCNC(=O)c1cccc2c1C=C2. The summed E-state index contributed by atoms with van der Waals surface area (Å²) in [5.74, 6) is 0.0352. The van der Waals surface area contributed by atoms with E-state index in [1.807, 2.05) is 37.3 Å². The van der Waals surface area contributed by atoms with Gasteiger partial charge >= 0.3 is 0 Å². The van der Waals surface area contributed by atoms with Crippen molar-refractivity contribution in [2.75, 3.05) is 6.54 Å². The number of fused-ring (bicyclic) bond motifs is 1. The van der Waals surface area contributed by atoms with Crippen molar-refractivity contribution in [1.82, 2.24) is 5.32 Å². The molecule has 1 aromatic carbocycles. The van der Waals surface area contributed by atoms with Crippen molar-refractivity contribution in [2.45, 2.75) is 13.3 Å². The van der Waals surface area contributed by atoms with Gasteiger partial charge in [0.25, 0.3) is 5.91 Å². The Morgan fingerprint density at radius 1 is 1.36 bits per heavy atom. The standard InChI is InChI=1S/C12H13NO/c1-2-8-13-12(14)11-5-3-4-9-6-7-10(9)11/h3-7H,2,8H2,1H3,(H,13,14). The van der Waals surface area contributed by atoms with Crippen LogP contribution in [0.1, 0.15) is 34.8 Å². The minimum Gasteiger partial charge on any atom is -0.352 e. The summed E-state index contributed by atoms with van der Waals surface area (Å²) in [6.07, 6.45) is 4.97. The number of hydrogen-bond donors (Lipinski definition) is 1. The molecule has 72 valence electrons. The van der Waals surface area contributed by atoms with Crippen LogP contribution in [0.25, 0.3) is 12.2 Å². The van der Waals surface area contributed by atoms with Crippen LogP contribution in [0, 0.1) is 0 Å². The molecule has 0 unspecified atom stereocenters.